The first-order chi connectivity index (χ1) is 9.55. The van der Waals surface area contributed by atoms with Gasteiger partial charge in [-0.3, -0.25) is 0 Å². The van der Waals surface area contributed by atoms with Gasteiger partial charge in [-0.15, -0.1) is 0 Å². The Balaban J connectivity index is 1.84. The Kier molecular flexibility index (Phi) is 3.61. The van der Waals surface area contributed by atoms with Crippen molar-refractivity contribution in [3.05, 3.63) is 35.4 Å². The second-order valence-corrected chi connectivity index (χ2v) is 6.38. The molecule has 20 heavy (non-hydrogen) atoms. The van der Waals surface area contributed by atoms with Gasteiger partial charge in [-0.25, -0.2) is 0 Å². The topological polar surface area (TPSA) is 38.7 Å². The van der Waals surface area contributed by atoms with Gasteiger partial charge in [0, 0.05) is 12.8 Å². The van der Waals surface area contributed by atoms with Gasteiger partial charge in [-0.05, 0) is 29.9 Å². The minimum absolute atomic E-state index is 0.418. The van der Waals surface area contributed by atoms with Gasteiger partial charge in [-0.1, -0.05) is 38.1 Å². The molecule has 3 nitrogen and oxygen atoms in total. The SMILES string of the molecule is CC(C)c1ccccc1C1(O)CCC2(CC1)OCCO2. The summed E-state index contributed by atoms with van der Waals surface area (Å²) in [6.45, 7) is 5.72. The van der Waals surface area contributed by atoms with Crippen molar-refractivity contribution in [3.8, 4) is 0 Å². The van der Waals surface area contributed by atoms with Crippen LogP contribution in [-0.2, 0) is 15.1 Å². The Morgan fingerprint density at radius 1 is 1.00 bits per heavy atom. The van der Waals surface area contributed by atoms with Gasteiger partial charge in [0.1, 0.15) is 0 Å². The lowest BCUT2D eigenvalue weighted by Gasteiger charge is -2.41. The maximum atomic E-state index is 11.1. The molecule has 2 fully saturated rings. The Morgan fingerprint density at radius 2 is 1.60 bits per heavy atom. The highest BCUT2D eigenvalue weighted by atomic mass is 16.7. The summed E-state index contributed by atoms with van der Waals surface area (Å²) in [6.07, 6.45) is 2.96. The number of hydrogen-bond acceptors (Lipinski definition) is 3. The Hall–Kier alpha value is -0.900. The largest absolute Gasteiger partial charge is 0.385 e. The van der Waals surface area contributed by atoms with Gasteiger partial charge >= 0.3 is 0 Å². The van der Waals surface area contributed by atoms with Crippen molar-refractivity contribution in [1.29, 1.82) is 0 Å². The highest BCUT2D eigenvalue weighted by Crippen LogP contribution is 2.46. The van der Waals surface area contributed by atoms with E-state index in [1.165, 1.54) is 5.56 Å². The zero-order valence-electron chi connectivity index (χ0n) is 12.4. The van der Waals surface area contributed by atoms with Crippen LogP contribution in [0.15, 0.2) is 24.3 Å². The molecule has 2 aliphatic rings. The van der Waals surface area contributed by atoms with E-state index in [0.29, 0.717) is 32.0 Å². The zero-order chi connectivity index (χ0) is 14.2. The number of aliphatic hydroxyl groups is 1. The molecule has 1 spiro atoms. The lowest BCUT2D eigenvalue weighted by molar-refractivity contribution is -0.204. The van der Waals surface area contributed by atoms with Crippen molar-refractivity contribution in [3.63, 3.8) is 0 Å². The third-order valence-corrected chi connectivity index (χ3v) is 4.74. The van der Waals surface area contributed by atoms with Crippen LogP contribution in [0.25, 0.3) is 0 Å². The second kappa shape index (κ2) is 5.14. The van der Waals surface area contributed by atoms with Crippen LogP contribution in [-0.4, -0.2) is 24.1 Å². The maximum Gasteiger partial charge on any atom is 0.168 e. The molecular weight excluding hydrogens is 252 g/mol. The zero-order valence-corrected chi connectivity index (χ0v) is 12.4. The molecule has 3 heteroatoms. The molecular formula is C17H24O3. The molecule has 0 aromatic heterocycles. The van der Waals surface area contributed by atoms with Gasteiger partial charge in [-0.2, -0.15) is 0 Å². The number of rotatable bonds is 2. The van der Waals surface area contributed by atoms with E-state index in [0.717, 1.165) is 18.4 Å². The van der Waals surface area contributed by atoms with Crippen LogP contribution < -0.4 is 0 Å². The highest BCUT2D eigenvalue weighted by Gasteiger charge is 2.46. The molecule has 0 radical (unpaired) electrons. The van der Waals surface area contributed by atoms with E-state index in [2.05, 4.69) is 32.0 Å². The van der Waals surface area contributed by atoms with E-state index in [-0.39, 0.29) is 0 Å². The molecule has 1 aromatic rings. The van der Waals surface area contributed by atoms with Crippen LogP contribution in [0.5, 0.6) is 0 Å². The Morgan fingerprint density at radius 3 is 2.20 bits per heavy atom. The minimum atomic E-state index is -0.735. The third-order valence-electron chi connectivity index (χ3n) is 4.74. The van der Waals surface area contributed by atoms with Crippen LogP contribution in [0.2, 0.25) is 0 Å². The molecule has 0 amide bonds. The Labute approximate surface area is 120 Å². The summed E-state index contributed by atoms with van der Waals surface area (Å²) in [5, 5.41) is 11.1. The van der Waals surface area contributed by atoms with Crippen molar-refractivity contribution in [2.75, 3.05) is 13.2 Å². The van der Waals surface area contributed by atoms with Gasteiger partial charge in [0.25, 0.3) is 0 Å². The maximum absolute atomic E-state index is 11.1. The van der Waals surface area contributed by atoms with E-state index < -0.39 is 11.4 Å². The van der Waals surface area contributed by atoms with E-state index in [4.69, 9.17) is 9.47 Å². The fraction of sp³-hybridized carbons (Fsp3) is 0.647. The summed E-state index contributed by atoms with van der Waals surface area (Å²) in [7, 11) is 0. The number of ether oxygens (including phenoxy) is 2. The lowest BCUT2D eigenvalue weighted by Crippen LogP contribution is -2.42. The average Bonchev–Trinajstić information content (AvgIpc) is 2.91. The molecule has 1 saturated carbocycles. The minimum Gasteiger partial charge on any atom is -0.385 e. The van der Waals surface area contributed by atoms with Crippen molar-refractivity contribution in [2.24, 2.45) is 0 Å². The van der Waals surface area contributed by atoms with Crippen LogP contribution in [0.4, 0.5) is 0 Å². The van der Waals surface area contributed by atoms with Crippen molar-refractivity contribution in [1.82, 2.24) is 0 Å². The van der Waals surface area contributed by atoms with Crippen molar-refractivity contribution >= 4 is 0 Å². The summed E-state index contributed by atoms with van der Waals surface area (Å²) < 4.78 is 11.5. The Bertz CT molecular complexity index is 465. The van der Waals surface area contributed by atoms with Gasteiger partial charge < -0.3 is 14.6 Å². The number of hydrogen-bond donors (Lipinski definition) is 1. The van der Waals surface area contributed by atoms with Gasteiger partial charge in [0.15, 0.2) is 5.79 Å². The second-order valence-electron chi connectivity index (χ2n) is 6.38. The van der Waals surface area contributed by atoms with Crippen LogP contribution in [0.1, 0.15) is 56.6 Å². The average molecular weight is 276 g/mol. The molecule has 0 unspecified atom stereocenters. The van der Waals surface area contributed by atoms with E-state index in [1.807, 2.05) is 6.07 Å². The molecule has 110 valence electrons. The third kappa shape index (κ3) is 2.39. The number of benzene rings is 1. The van der Waals surface area contributed by atoms with Crippen molar-refractivity contribution < 1.29 is 14.6 Å². The molecule has 1 heterocycles. The summed E-state index contributed by atoms with van der Waals surface area (Å²) >= 11 is 0. The monoisotopic (exact) mass is 276 g/mol. The first-order valence-electron chi connectivity index (χ1n) is 7.64. The van der Waals surface area contributed by atoms with Crippen LogP contribution >= 0.6 is 0 Å². The van der Waals surface area contributed by atoms with Gasteiger partial charge in [0.05, 0.1) is 18.8 Å². The molecule has 0 bridgehead atoms. The molecule has 3 rings (SSSR count). The van der Waals surface area contributed by atoms with E-state index >= 15 is 0 Å². The summed E-state index contributed by atoms with van der Waals surface area (Å²) in [4.78, 5) is 0. The molecule has 1 N–H and O–H groups in total. The highest BCUT2D eigenvalue weighted by molar-refractivity contribution is 5.35. The first-order valence-corrected chi connectivity index (χ1v) is 7.64. The molecule has 1 aliphatic carbocycles. The molecule has 1 aliphatic heterocycles. The smallest absolute Gasteiger partial charge is 0.168 e. The predicted molar refractivity (Wildman–Crippen MR) is 77.5 cm³/mol. The van der Waals surface area contributed by atoms with Crippen LogP contribution in [0, 0.1) is 0 Å². The van der Waals surface area contributed by atoms with Crippen molar-refractivity contribution in [2.45, 2.75) is 56.8 Å². The summed E-state index contributed by atoms with van der Waals surface area (Å²) in [5.41, 5.74) is 1.60. The summed E-state index contributed by atoms with van der Waals surface area (Å²) in [6, 6.07) is 8.27. The van der Waals surface area contributed by atoms with Gasteiger partial charge in [0.2, 0.25) is 0 Å². The quantitative estimate of drug-likeness (QED) is 0.900. The van der Waals surface area contributed by atoms with Crippen LogP contribution in [0.3, 0.4) is 0 Å². The summed E-state index contributed by atoms with van der Waals surface area (Å²) in [5.74, 6) is 0.00373. The first kappa shape index (κ1) is 14.1. The molecule has 1 aromatic carbocycles. The predicted octanol–water partition coefficient (Wildman–Crippen LogP) is 3.31. The fourth-order valence-corrected chi connectivity index (χ4v) is 3.52. The molecule has 0 atom stereocenters. The lowest BCUT2D eigenvalue weighted by atomic mass is 9.74. The van der Waals surface area contributed by atoms with E-state index in [9.17, 15) is 5.11 Å². The normalized spacial score (nSPS) is 24.4. The molecule has 1 saturated heterocycles. The standard InChI is InChI=1S/C17H24O3/c1-13(2)14-5-3-4-6-15(14)16(18)7-9-17(10-8-16)19-11-12-20-17/h3-6,13,18H,7-12H2,1-2H3. The fourth-order valence-electron chi connectivity index (χ4n) is 3.52. The van der Waals surface area contributed by atoms with E-state index in [1.54, 1.807) is 0 Å².